The molecule has 0 saturated heterocycles. The van der Waals surface area contributed by atoms with E-state index in [0.29, 0.717) is 29.2 Å². The van der Waals surface area contributed by atoms with Crippen LogP contribution < -0.4 is 10.1 Å². The van der Waals surface area contributed by atoms with E-state index in [-0.39, 0.29) is 24.9 Å². The van der Waals surface area contributed by atoms with Gasteiger partial charge in [-0.3, -0.25) is 4.79 Å². The molecule has 1 saturated carbocycles. The van der Waals surface area contributed by atoms with Crippen molar-refractivity contribution in [1.82, 2.24) is 9.62 Å². The number of nitrogens with zero attached hydrogens (tertiary/aromatic N) is 1. The predicted octanol–water partition coefficient (Wildman–Crippen LogP) is 2.64. The lowest BCUT2D eigenvalue weighted by atomic mass is 9.87. The molecule has 1 heterocycles. The number of aryl methyl sites for hydroxylation is 1. The second-order valence-corrected chi connectivity index (χ2v) is 9.74. The topological polar surface area (TPSA) is 75.7 Å². The maximum Gasteiger partial charge on any atom is 0.243 e. The number of rotatable bonds is 5. The molecule has 0 atom stereocenters. The van der Waals surface area contributed by atoms with E-state index < -0.39 is 10.0 Å². The highest BCUT2D eigenvalue weighted by Crippen LogP contribution is 2.32. The minimum Gasteiger partial charge on any atom is -0.497 e. The molecule has 7 heteroatoms. The summed E-state index contributed by atoms with van der Waals surface area (Å²) in [6.45, 7) is 4.66. The van der Waals surface area contributed by atoms with E-state index in [1.54, 1.807) is 26.2 Å². The molecule has 0 unspecified atom stereocenters. The average Bonchev–Trinajstić information content (AvgIpc) is 2.62. The predicted molar refractivity (Wildman–Crippen MR) is 104 cm³/mol. The molecule has 150 valence electrons. The van der Waals surface area contributed by atoms with Crippen LogP contribution in [0, 0.1) is 12.8 Å². The van der Waals surface area contributed by atoms with E-state index in [1.807, 2.05) is 0 Å². The van der Waals surface area contributed by atoms with Crippen LogP contribution in [-0.2, 0) is 21.2 Å². The molecule has 0 radical (unpaired) electrons. The summed E-state index contributed by atoms with van der Waals surface area (Å²) in [6.07, 6.45) is 5.16. The smallest absolute Gasteiger partial charge is 0.243 e. The van der Waals surface area contributed by atoms with Crippen molar-refractivity contribution >= 4 is 15.9 Å². The van der Waals surface area contributed by atoms with Gasteiger partial charge in [0.05, 0.1) is 12.0 Å². The third-order valence-corrected chi connectivity index (χ3v) is 7.90. The number of sulfonamides is 1. The summed E-state index contributed by atoms with van der Waals surface area (Å²) >= 11 is 0. The zero-order valence-corrected chi connectivity index (χ0v) is 17.3. The fourth-order valence-corrected chi connectivity index (χ4v) is 6.02. The monoisotopic (exact) mass is 394 g/mol. The second kappa shape index (κ2) is 8.19. The molecule has 1 aliphatic heterocycles. The maximum atomic E-state index is 13.0. The highest BCUT2D eigenvalue weighted by molar-refractivity contribution is 7.89. The number of methoxy groups -OCH3 is 1. The lowest BCUT2D eigenvalue weighted by Crippen LogP contribution is -2.42. The molecule has 0 spiro atoms. The second-order valence-electron chi connectivity index (χ2n) is 7.86. The van der Waals surface area contributed by atoms with Crippen LogP contribution in [0.3, 0.4) is 0 Å². The number of amides is 1. The quantitative estimate of drug-likeness (QED) is 0.833. The van der Waals surface area contributed by atoms with Crippen LogP contribution in [0.2, 0.25) is 0 Å². The number of hydrogen-bond acceptors (Lipinski definition) is 4. The SMILES string of the molecule is COc1cc(C)c2c(c1)CCN(CCC(=O)NC1CCC(C)CC1)S2(=O)=O. The normalized spacial score (nSPS) is 24.9. The zero-order chi connectivity index (χ0) is 19.6. The number of nitrogens with one attached hydrogen (secondary N) is 1. The van der Waals surface area contributed by atoms with Gasteiger partial charge in [-0.2, -0.15) is 4.31 Å². The van der Waals surface area contributed by atoms with Crippen LogP contribution in [0.25, 0.3) is 0 Å². The van der Waals surface area contributed by atoms with Crippen molar-refractivity contribution in [2.75, 3.05) is 20.2 Å². The average molecular weight is 395 g/mol. The Bertz CT molecular complexity index is 798. The number of benzene rings is 1. The summed E-state index contributed by atoms with van der Waals surface area (Å²) in [7, 11) is -2.00. The number of carbonyl (C=O) groups is 1. The third-order valence-electron chi connectivity index (χ3n) is 5.76. The van der Waals surface area contributed by atoms with E-state index in [9.17, 15) is 13.2 Å². The Morgan fingerprint density at radius 1 is 1.26 bits per heavy atom. The van der Waals surface area contributed by atoms with Crippen LogP contribution in [0.15, 0.2) is 17.0 Å². The van der Waals surface area contributed by atoms with E-state index in [0.717, 1.165) is 37.2 Å². The standard InChI is InChI=1S/C20H30N2O4S/c1-14-4-6-17(7-5-14)21-19(23)9-11-22-10-8-16-13-18(26-3)12-15(2)20(16)27(22,24)25/h12-14,17H,4-11H2,1-3H3,(H,21,23). The molecule has 1 aliphatic carbocycles. The van der Waals surface area contributed by atoms with Crippen LogP contribution >= 0.6 is 0 Å². The Labute approximate surface area is 162 Å². The lowest BCUT2D eigenvalue weighted by molar-refractivity contribution is -0.122. The molecule has 0 bridgehead atoms. The summed E-state index contributed by atoms with van der Waals surface area (Å²) in [5, 5.41) is 3.07. The van der Waals surface area contributed by atoms with Crippen molar-refractivity contribution in [3.8, 4) is 5.75 Å². The highest BCUT2D eigenvalue weighted by atomic mass is 32.2. The molecule has 1 aromatic carbocycles. The Kier molecular flexibility index (Phi) is 6.11. The summed E-state index contributed by atoms with van der Waals surface area (Å²) in [5.41, 5.74) is 1.48. The molecule has 3 rings (SSSR count). The van der Waals surface area contributed by atoms with Crippen molar-refractivity contribution in [3.63, 3.8) is 0 Å². The summed E-state index contributed by atoms with van der Waals surface area (Å²) < 4.78 is 32.7. The summed E-state index contributed by atoms with van der Waals surface area (Å²) in [4.78, 5) is 12.7. The first-order valence-electron chi connectivity index (χ1n) is 9.78. The molecule has 2 aliphatic rings. The van der Waals surface area contributed by atoms with E-state index in [1.165, 1.54) is 4.31 Å². The van der Waals surface area contributed by atoms with Crippen molar-refractivity contribution in [3.05, 3.63) is 23.3 Å². The first kappa shape index (κ1) is 20.1. The molecule has 6 nitrogen and oxygen atoms in total. The van der Waals surface area contributed by atoms with Gasteiger partial charge < -0.3 is 10.1 Å². The van der Waals surface area contributed by atoms with E-state index >= 15 is 0 Å². The third kappa shape index (κ3) is 4.46. The Morgan fingerprint density at radius 2 is 1.96 bits per heavy atom. The van der Waals surface area contributed by atoms with Crippen molar-refractivity contribution in [2.24, 2.45) is 5.92 Å². The highest BCUT2D eigenvalue weighted by Gasteiger charge is 2.33. The molecule has 1 amide bonds. The Hall–Kier alpha value is -1.60. The van der Waals surface area contributed by atoms with Gasteiger partial charge in [0.15, 0.2) is 0 Å². The number of carbonyl (C=O) groups excluding carboxylic acids is 1. The van der Waals surface area contributed by atoms with Crippen LogP contribution in [0.5, 0.6) is 5.75 Å². The van der Waals surface area contributed by atoms with Gasteiger partial charge in [0.1, 0.15) is 5.75 Å². The van der Waals surface area contributed by atoms with Gasteiger partial charge in [0.2, 0.25) is 15.9 Å². The van der Waals surface area contributed by atoms with Crippen LogP contribution in [0.4, 0.5) is 0 Å². The summed E-state index contributed by atoms with van der Waals surface area (Å²) in [6, 6.07) is 3.78. The minimum atomic E-state index is -3.58. The van der Waals surface area contributed by atoms with Gasteiger partial charge in [-0.15, -0.1) is 0 Å². The summed E-state index contributed by atoms with van der Waals surface area (Å²) in [5.74, 6) is 1.36. The zero-order valence-electron chi connectivity index (χ0n) is 16.5. The van der Waals surface area contributed by atoms with Crippen molar-refractivity contribution in [1.29, 1.82) is 0 Å². The molecule has 27 heavy (non-hydrogen) atoms. The largest absolute Gasteiger partial charge is 0.497 e. The van der Waals surface area contributed by atoms with Gasteiger partial charge in [0, 0.05) is 25.6 Å². The van der Waals surface area contributed by atoms with Crippen molar-refractivity contribution < 1.29 is 17.9 Å². The van der Waals surface area contributed by atoms with Crippen LogP contribution in [0.1, 0.15) is 50.2 Å². The number of fused-ring (bicyclic) bond motifs is 1. The molecule has 1 fully saturated rings. The molecule has 0 aromatic heterocycles. The van der Waals surface area contributed by atoms with E-state index in [2.05, 4.69) is 12.2 Å². The van der Waals surface area contributed by atoms with Gasteiger partial charge in [-0.1, -0.05) is 6.92 Å². The maximum absolute atomic E-state index is 13.0. The van der Waals surface area contributed by atoms with Gasteiger partial charge in [0.25, 0.3) is 0 Å². The molecular weight excluding hydrogens is 364 g/mol. The first-order valence-corrected chi connectivity index (χ1v) is 11.2. The Balaban J connectivity index is 1.62. The fraction of sp³-hybridized carbons (Fsp3) is 0.650. The fourth-order valence-electron chi connectivity index (χ4n) is 4.14. The Morgan fingerprint density at radius 3 is 2.63 bits per heavy atom. The lowest BCUT2D eigenvalue weighted by Gasteiger charge is -2.30. The number of hydrogen-bond donors (Lipinski definition) is 1. The number of ether oxygens (including phenoxy) is 1. The van der Waals surface area contributed by atoms with Gasteiger partial charge in [-0.05, 0) is 68.2 Å². The van der Waals surface area contributed by atoms with Gasteiger partial charge >= 0.3 is 0 Å². The van der Waals surface area contributed by atoms with Crippen LogP contribution in [-0.4, -0.2) is 44.9 Å². The van der Waals surface area contributed by atoms with E-state index in [4.69, 9.17) is 4.74 Å². The molecule has 1 N–H and O–H groups in total. The minimum absolute atomic E-state index is 0.0537. The van der Waals surface area contributed by atoms with Gasteiger partial charge in [-0.25, -0.2) is 8.42 Å². The van der Waals surface area contributed by atoms with Crippen molar-refractivity contribution in [2.45, 2.75) is 63.3 Å². The molecule has 1 aromatic rings. The first-order chi connectivity index (χ1) is 12.8. The molecular formula is C20H30N2O4S.